The maximum atomic E-state index is 5.63. The van der Waals surface area contributed by atoms with E-state index in [-0.39, 0.29) is 0 Å². The summed E-state index contributed by atoms with van der Waals surface area (Å²) in [5.74, 6) is 2.80. The van der Waals surface area contributed by atoms with Crippen LogP contribution in [0, 0.1) is 18.8 Å². The lowest BCUT2D eigenvalue weighted by Crippen LogP contribution is -2.24. The minimum atomic E-state index is 0.816. The molecule has 1 heteroatoms. The smallest absolute Gasteiger partial charge is 0.125 e. The molecule has 2 rings (SSSR count). The molecule has 0 heterocycles. The summed E-state index contributed by atoms with van der Waals surface area (Å²) in [5, 5.41) is 0. The van der Waals surface area contributed by atoms with E-state index < -0.39 is 0 Å². The number of ether oxygens (including phenoxy) is 1. The number of hydrogen-bond acceptors (Lipinski definition) is 1. The first-order chi connectivity index (χ1) is 8.67. The van der Waals surface area contributed by atoms with Crippen molar-refractivity contribution >= 4 is 0 Å². The van der Waals surface area contributed by atoms with E-state index in [9.17, 15) is 0 Å². The maximum Gasteiger partial charge on any atom is 0.125 e. The Hall–Kier alpha value is -0.980. The van der Waals surface area contributed by atoms with Gasteiger partial charge in [0.15, 0.2) is 0 Å². The van der Waals surface area contributed by atoms with Gasteiger partial charge in [0.25, 0.3) is 0 Å². The van der Waals surface area contributed by atoms with Crippen LogP contribution >= 0.6 is 0 Å². The van der Waals surface area contributed by atoms with Gasteiger partial charge in [-0.15, -0.1) is 0 Å². The van der Waals surface area contributed by atoms with Crippen molar-refractivity contribution in [2.45, 2.75) is 52.9 Å². The lowest BCUT2D eigenvalue weighted by molar-refractivity contribution is 0.297. The first-order valence-corrected chi connectivity index (χ1v) is 7.32. The Morgan fingerprint density at radius 1 is 1.28 bits per heavy atom. The molecule has 1 nitrogen and oxygen atoms in total. The summed E-state index contributed by atoms with van der Waals surface area (Å²) < 4.78 is 5.63. The Labute approximate surface area is 112 Å². The van der Waals surface area contributed by atoms with Crippen LogP contribution in [0.2, 0.25) is 0 Å². The van der Waals surface area contributed by atoms with Gasteiger partial charge in [0.1, 0.15) is 5.75 Å². The largest absolute Gasteiger partial charge is 0.496 e. The average Bonchev–Trinajstić information content (AvgIpc) is 2.37. The predicted molar refractivity (Wildman–Crippen MR) is 77.3 cm³/mol. The van der Waals surface area contributed by atoms with Gasteiger partial charge in [-0.05, 0) is 54.7 Å². The topological polar surface area (TPSA) is 9.23 Å². The number of hydrogen-bond donors (Lipinski definition) is 0. The molecule has 0 amide bonds. The molecule has 0 spiro atoms. The second kappa shape index (κ2) is 5.77. The summed E-state index contributed by atoms with van der Waals surface area (Å²) in [7, 11) is 1.81. The standard InChI is InChI=1S/C17H26O/c1-5-6-7-14-11-16-15(10-13(14)3)9-8-12(2)17(16)18-4/h8-9,13-14H,5-7,10-11H2,1-4H3/t13-,14-/m1/s1. The number of unbranched alkanes of at least 4 members (excludes halogenated alkanes) is 1. The first-order valence-electron chi connectivity index (χ1n) is 7.32. The summed E-state index contributed by atoms with van der Waals surface area (Å²) in [6.45, 7) is 6.85. The van der Waals surface area contributed by atoms with E-state index in [0.717, 1.165) is 17.6 Å². The predicted octanol–water partition coefficient (Wildman–Crippen LogP) is 4.54. The maximum absolute atomic E-state index is 5.63. The minimum absolute atomic E-state index is 0.816. The van der Waals surface area contributed by atoms with E-state index in [2.05, 4.69) is 32.9 Å². The highest BCUT2D eigenvalue weighted by Gasteiger charge is 2.27. The van der Waals surface area contributed by atoms with Crippen molar-refractivity contribution in [3.05, 3.63) is 28.8 Å². The molecule has 18 heavy (non-hydrogen) atoms. The monoisotopic (exact) mass is 246 g/mol. The second-order valence-corrected chi connectivity index (χ2v) is 5.84. The number of benzene rings is 1. The molecule has 0 radical (unpaired) electrons. The molecule has 0 saturated carbocycles. The van der Waals surface area contributed by atoms with Crippen LogP contribution < -0.4 is 4.74 Å². The highest BCUT2D eigenvalue weighted by atomic mass is 16.5. The van der Waals surface area contributed by atoms with Gasteiger partial charge in [0.2, 0.25) is 0 Å². The molecule has 1 aromatic carbocycles. The van der Waals surface area contributed by atoms with Gasteiger partial charge in [0, 0.05) is 0 Å². The van der Waals surface area contributed by atoms with Gasteiger partial charge in [0.05, 0.1) is 7.11 Å². The summed E-state index contributed by atoms with van der Waals surface area (Å²) >= 11 is 0. The molecule has 0 saturated heterocycles. The van der Waals surface area contributed by atoms with Crippen molar-refractivity contribution in [3.63, 3.8) is 0 Å². The molecule has 0 bridgehead atoms. The van der Waals surface area contributed by atoms with Crippen LogP contribution in [0.4, 0.5) is 0 Å². The second-order valence-electron chi connectivity index (χ2n) is 5.84. The summed E-state index contributed by atoms with van der Waals surface area (Å²) in [6, 6.07) is 4.51. The van der Waals surface area contributed by atoms with E-state index in [1.807, 2.05) is 7.11 Å². The van der Waals surface area contributed by atoms with Crippen LogP contribution in [0.1, 0.15) is 49.8 Å². The molecule has 0 N–H and O–H groups in total. The normalized spacial score (nSPS) is 22.7. The molecular formula is C17H26O. The molecular weight excluding hydrogens is 220 g/mol. The van der Waals surface area contributed by atoms with Crippen molar-refractivity contribution in [3.8, 4) is 5.75 Å². The molecule has 1 aliphatic rings. The SMILES string of the molecule is CCCC[C@@H]1Cc2c(ccc(C)c2OC)C[C@H]1C. The molecule has 0 aliphatic heterocycles. The van der Waals surface area contributed by atoms with Gasteiger partial charge in [-0.3, -0.25) is 0 Å². The quantitative estimate of drug-likeness (QED) is 0.757. The zero-order valence-electron chi connectivity index (χ0n) is 12.3. The fraction of sp³-hybridized carbons (Fsp3) is 0.647. The first kappa shape index (κ1) is 13.5. The molecule has 100 valence electrons. The molecule has 1 aromatic rings. The van der Waals surface area contributed by atoms with Crippen LogP contribution in [0.5, 0.6) is 5.75 Å². The molecule has 0 fully saturated rings. The Balaban J connectivity index is 2.26. The minimum Gasteiger partial charge on any atom is -0.496 e. The Bertz CT molecular complexity index is 408. The number of rotatable bonds is 4. The lowest BCUT2D eigenvalue weighted by atomic mass is 9.74. The van der Waals surface area contributed by atoms with E-state index >= 15 is 0 Å². The van der Waals surface area contributed by atoms with Crippen LogP contribution in [-0.4, -0.2) is 7.11 Å². The highest BCUT2D eigenvalue weighted by Crippen LogP contribution is 2.38. The van der Waals surface area contributed by atoms with Crippen molar-refractivity contribution in [2.24, 2.45) is 11.8 Å². The van der Waals surface area contributed by atoms with Crippen LogP contribution in [0.3, 0.4) is 0 Å². The van der Waals surface area contributed by atoms with Gasteiger partial charge < -0.3 is 4.74 Å². The fourth-order valence-electron chi connectivity index (χ4n) is 3.31. The van der Waals surface area contributed by atoms with E-state index in [0.29, 0.717) is 0 Å². The van der Waals surface area contributed by atoms with Gasteiger partial charge in [-0.25, -0.2) is 0 Å². The summed E-state index contributed by atoms with van der Waals surface area (Å²) in [5.41, 5.74) is 4.27. The molecule has 0 aromatic heterocycles. The highest BCUT2D eigenvalue weighted by molar-refractivity contribution is 5.47. The third-order valence-electron chi connectivity index (χ3n) is 4.50. The van der Waals surface area contributed by atoms with E-state index in [1.165, 1.54) is 48.8 Å². The van der Waals surface area contributed by atoms with E-state index in [4.69, 9.17) is 4.74 Å². The van der Waals surface area contributed by atoms with Crippen LogP contribution in [0.25, 0.3) is 0 Å². The molecule has 2 atom stereocenters. The van der Waals surface area contributed by atoms with Gasteiger partial charge >= 0.3 is 0 Å². The van der Waals surface area contributed by atoms with Crippen molar-refractivity contribution in [1.29, 1.82) is 0 Å². The summed E-state index contributed by atoms with van der Waals surface area (Å²) in [6.07, 6.45) is 6.47. The molecule has 0 unspecified atom stereocenters. The van der Waals surface area contributed by atoms with Crippen molar-refractivity contribution < 1.29 is 4.74 Å². The Kier molecular flexibility index (Phi) is 4.31. The summed E-state index contributed by atoms with van der Waals surface area (Å²) in [4.78, 5) is 0. The fourth-order valence-corrected chi connectivity index (χ4v) is 3.31. The lowest BCUT2D eigenvalue weighted by Gasteiger charge is -2.32. The van der Waals surface area contributed by atoms with Crippen LogP contribution in [0.15, 0.2) is 12.1 Å². The third kappa shape index (κ3) is 2.55. The van der Waals surface area contributed by atoms with Gasteiger partial charge in [-0.1, -0.05) is 38.8 Å². The van der Waals surface area contributed by atoms with Gasteiger partial charge in [-0.2, -0.15) is 0 Å². The average molecular weight is 246 g/mol. The van der Waals surface area contributed by atoms with Crippen molar-refractivity contribution in [2.75, 3.05) is 7.11 Å². The zero-order chi connectivity index (χ0) is 13.1. The number of fused-ring (bicyclic) bond motifs is 1. The number of aryl methyl sites for hydroxylation is 1. The Morgan fingerprint density at radius 3 is 2.72 bits per heavy atom. The third-order valence-corrected chi connectivity index (χ3v) is 4.50. The zero-order valence-corrected chi connectivity index (χ0v) is 12.3. The molecule has 1 aliphatic carbocycles. The Morgan fingerprint density at radius 2 is 2.06 bits per heavy atom. The number of methoxy groups -OCH3 is 1. The van der Waals surface area contributed by atoms with Crippen molar-refractivity contribution in [1.82, 2.24) is 0 Å². The van der Waals surface area contributed by atoms with Crippen LogP contribution in [-0.2, 0) is 12.8 Å². The van der Waals surface area contributed by atoms with E-state index in [1.54, 1.807) is 0 Å².